The van der Waals surface area contributed by atoms with Crippen LogP contribution in [-0.2, 0) is 19.2 Å². The minimum atomic E-state index is -0.988. The van der Waals surface area contributed by atoms with Crippen LogP contribution in [0.5, 0.6) is 0 Å². The topological polar surface area (TPSA) is 147 Å². The van der Waals surface area contributed by atoms with Crippen LogP contribution < -0.4 is 11.1 Å². The van der Waals surface area contributed by atoms with E-state index in [0.717, 1.165) is 12.8 Å². The highest BCUT2D eigenvalue weighted by molar-refractivity contribution is 5.84. The van der Waals surface area contributed by atoms with Gasteiger partial charge in [0.05, 0.1) is 0 Å². The molecule has 8 nitrogen and oxygen atoms in total. The number of carboxylic acids is 2. The summed E-state index contributed by atoms with van der Waals surface area (Å²) in [6.45, 7) is 4.65. The maximum Gasteiger partial charge on any atom is 0.321 e. The van der Waals surface area contributed by atoms with E-state index in [9.17, 15) is 19.2 Å². The second-order valence-electron chi connectivity index (χ2n) is 4.19. The van der Waals surface area contributed by atoms with E-state index in [1.165, 1.54) is 20.9 Å². The number of hydrogen-bond donors (Lipinski definition) is 4. The van der Waals surface area contributed by atoms with Crippen LogP contribution in [0.3, 0.4) is 0 Å². The van der Waals surface area contributed by atoms with E-state index in [2.05, 4.69) is 11.1 Å². The first-order chi connectivity index (χ1) is 9.58. The zero-order chi connectivity index (χ0) is 17.4. The van der Waals surface area contributed by atoms with Gasteiger partial charge >= 0.3 is 11.9 Å². The molecule has 0 heterocycles. The molecular formula is C13H26N2O6. The van der Waals surface area contributed by atoms with Crippen LogP contribution in [0, 0.1) is 0 Å². The molecule has 1 atom stereocenters. The van der Waals surface area contributed by atoms with Crippen molar-refractivity contribution in [3.05, 3.63) is 0 Å². The molecule has 0 aliphatic carbocycles. The number of amides is 1. The summed E-state index contributed by atoms with van der Waals surface area (Å²) in [7, 11) is 1.52. The number of carboxylic acid groups (broad SMARTS) is 2. The van der Waals surface area contributed by atoms with Crippen molar-refractivity contribution in [2.45, 2.75) is 52.5 Å². The highest BCUT2D eigenvalue weighted by atomic mass is 16.4. The predicted octanol–water partition coefficient (Wildman–Crippen LogP) is 0.391. The molecule has 0 aromatic heterocycles. The number of Topliss-reactive ketones (excluding diaryl/α,β-unsaturated/α-hetero) is 1. The van der Waals surface area contributed by atoms with Crippen molar-refractivity contribution in [3.63, 3.8) is 0 Å². The molecule has 0 aliphatic rings. The van der Waals surface area contributed by atoms with E-state index in [0.29, 0.717) is 6.42 Å². The van der Waals surface area contributed by atoms with Crippen molar-refractivity contribution in [1.82, 2.24) is 5.32 Å². The zero-order valence-electron chi connectivity index (χ0n) is 13.0. The highest BCUT2D eigenvalue weighted by Gasteiger charge is 2.15. The summed E-state index contributed by atoms with van der Waals surface area (Å²) in [5, 5.41) is 19.0. The lowest BCUT2D eigenvalue weighted by Crippen LogP contribution is -2.35. The summed E-state index contributed by atoms with van der Waals surface area (Å²) in [5.74, 6) is -2.14. The van der Waals surface area contributed by atoms with Crippen LogP contribution >= 0.6 is 0 Å². The van der Waals surface area contributed by atoms with Gasteiger partial charge in [0.15, 0.2) is 0 Å². The lowest BCUT2D eigenvalue weighted by molar-refractivity contribution is -0.141. The summed E-state index contributed by atoms with van der Waals surface area (Å²) < 4.78 is 0. The second-order valence-corrected chi connectivity index (χ2v) is 4.19. The molecule has 1 amide bonds. The zero-order valence-corrected chi connectivity index (χ0v) is 13.0. The van der Waals surface area contributed by atoms with Gasteiger partial charge in [-0.2, -0.15) is 0 Å². The molecule has 0 radical (unpaired) electrons. The standard InChI is InChI=1S/C6H11NO3.C5H10O2.C2H5NO/c1-4(8)3-5(7-2)6(9)10;1-2-3-4-5(6)7;1-2(3)4/h5,7H,3H2,1-2H3,(H,9,10);2-4H2,1H3,(H,6,7);1H3,(H2,3,4). The average Bonchev–Trinajstić information content (AvgIpc) is 2.32. The summed E-state index contributed by atoms with van der Waals surface area (Å²) in [6, 6.07) is -0.738. The highest BCUT2D eigenvalue weighted by Crippen LogP contribution is 1.92. The Kier molecular flexibility index (Phi) is 18.5. The monoisotopic (exact) mass is 306 g/mol. The van der Waals surface area contributed by atoms with E-state index in [4.69, 9.17) is 10.2 Å². The molecule has 0 saturated heterocycles. The van der Waals surface area contributed by atoms with Gasteiger partial charge in [0, 0.05) is 19.8 Å². The van der Waals surface area contributed by atoms with Crippen molar-refractivity contribution in [2.75, 3.05) is 7.05 Å². The van der Waals surface area contributed by atoms with E-state index < -0.39 is 18.0 Å². The van der Waals surface area contributed by atoms with Gasteiger partial charge in [0.25, 0.3) is 0 Å². The molecule has 0 spiro atoms. The van der Waals surface area contributed by atoms with Crippen LogP contribution in [0.2, 0.25) is 0 Å². The number of rotatable bonds is 7. The van der Waals surface area contributed by atoms with Gasteiger partial charge in [0.1, 0.15) is 11.8 Å². The lowest BCUT2D eigenvalue weighted by atomic mass is 10.1. The van der Waals surface area contributed by atoms with E-state index in [1.807, 2.05) is 6.92 Å². The number of ketones is 1. The molecule has 0 saturated carbocycles. The molecule has 124 valence electrons. The number of unbranched alkanes of at least 4 members (excludes halogenated alkanes) is 1. The van der Waals surface area contributed by atoms with Gasteiger partial charge in [-0.15, -0.1) is 0 Å². The van der Waals surface area contributed by atoms with E-state index in [-0.39, 0.29) is 18.1 Å². The first-order valence-electron chi connectivity index (χ1n) is 6.45. The molecule has 1 unspecified atom stereocenters. The molecular weight excluding hydrogens is 280 g/mol. The summed E-state index contributed by atoms with van der Waals surface area (Å²) >= 11 is 0. The molecule has 0 bridgehead atoms. The van der Waals surface area contributed by atoms with Crippen LogP contribution in [-0.4, -0.2) is 46.9 Å². The third-order valence-electron chi connectivity index (χ3n) is 1.88. The number of carbonyl (C=O) groups is 4. The Hall–Kier alpha value is -1.96. The minimum absolute atomic E-state index is 0.0475. The summed E-state index contributed by atoms with van der Waals surface area (Å²) in [4.78, 5) is 39.6. The Morgan fingerprint density at radius 3 is 1.67 bits per heavy atom. The lowest BCUT2D eigenvalue weighted by Gasteiger charge is -2.06. The molecule has 0 rings (SSSR count). The number of hydrogen-bond acceptors (Lipinski definition) is 5. The van der Waals surface area contributed by atoms with Crippen molar-refractivity contribution >= 4 is 23.6 Å². The van der Waals surface area contributed by atoms with Gasteiger partial charge < -0.3 is 21.3 Å². The Morgan fingerprint density at radius 1 is 1.14 bits per heavy atom. The second kappa shape index (κ2) is 16.1. The SMILES string of the molecule is CC(N)=O.CCCCC(=O)O.CNC(CC(C)=O)C(=O)O. The maximum absolute atomic E-state index is 10.4. The normalized spacial score (nSPS) is 10.1. The average molecular weight is 306 g/mol. The van der Waals surface area contributed by atoms with Gasteiger partial charge in [-0.1, -0.05) is 13.3 Å². The number of nitrogens with one attached hydrogen (secondary N) is 1. The van der Waals surface area contributed by atoms with Crippen molar-refractivity contribution in [3.8, 4) is 0 Å². The third-order valence-corrected chi connectivity index (χ3v) is 1.88. The number of primary amides is 1. The van der Waals surface area contributed by atoms with Gasteiger partial charge in [-0.05, 0) is 20.4 Å². The fourth-order valence-corrected chi connectivity index (χ4v) is 0.928. The van der Waals surface area contributed by atoms with Crippen molar-refractivity contribution in [2.24, 2.45) is 5.73 Å². The van der Waals surface area contributed by atoms with Crippen LogP contribution in [0.15, 0.2) is 0 Å². The molecule has 0 fully saturated rings. The molecule has 5 N–H and O–H groups in total. The van der Waals surface area contributed by atoms with Gasteiger partial charge in [-0.25, -0.2) is 0 Å². The van der Waals surface area contributed by atoms with Crippen LogP contribution in [0.1, 0.15) is 46.5 Å². The fraction of sp³-hybridized carbons (Fsp3) is 0.692. The van der Waals surface area contributed by atoms with Crippen molar-refractivity contribution < 1.29 is 29.4 Å². The number of likely N-dealkylation sites (N-methyl/N-ethyl adjacent to an activating group) is 1. The Bertz CT molecular complexity index is 327. The molecule has 8 heteroatoms. The summed E-state index contributed by atoms with van der Waals surface area (Å²) in [5.41, 5.74) is 4.47. The quantitative estimate of drug-likeness (QED) is 0.532. The molecule has 0 aliphatic heterocycles. The minimum Gasteiger partial charge on any atom is -0.481 e. The first-order valence-corrected chi connectivity index (χ1v) is 6.45. The predicted molar refractivity (Wildman–Crippen MR) is 77.8 cm³/mol. The maximum atomic E-state index is 10.4. The largest absolute Gasteiger partial charge is 0.481 e. The number of aliphatic carboxylic acids is 2. The van der Waals surface area contributed by atoms with Gasteiger partial charge in [0.2, 0.25) is 5.91 Å². The summed E-state index contributed by atoms with van der Waals surface area (Å²) in [6.07, 6.45) is 2.13. The Morgan fingerprint density at radius 2 is 1.57 bits per heavy atom. The van der Waals surface area contributed by atoms with Crippen LogP contribution in [0.25, 0.3) is 0 Å². The van der Waals surface area contributed by atoms with Crippen molar-refractivity contribution in [1.29, 1.82) is 0 Å². The molecule has 21 heavy (non-hydrogen) atoms. The van der Waals surface area contributed by atoms with E-state index in [1.54, 1.807) is 0 Å². The smallest absolute Gasteiger partial charge is 0.321 e. The van der Waals surface area contributed by atoms with Crippen LogP contribution in [0.4, 0.5) is 0 Å². The Labute approximate surface area is 124 Å². The first kappa shape index (κ1) is 24.1. The van der Waals surface area contributed by atoms with E-state index >= 15 is 0 Å². The number of nitrogens with two attached hydrogens (primary N) is 1. The number of carbonyl (C=O) groups excluding carboxylic acids is 2. The molecule has 0 aromatic rings. The Balaban J connectivity index is -0.000000256. The third kappa shape index (κ3) is 32.0. The fourth-order valence-electron chi connectivity index (χ4n) is 0.928. The molecule has 0 aromatic carbocycles. The van der Waals surface area contributed by atoms with Gasteiger partial charge in [-0.3, -0.25) is 19.2 Å².